The molecule has 0 N–H and O–H groups in total. The van der Waals surface area contributed by atoms with Crippen molar-refractivity contribution >= 4 is 39.1 Å². The quantitative estimate of drug-likeness (QED) is 0.814. The third-order valence-electron chi connectivity index (χ3n) is 3.51. The third kappa shape index (κ3) is 4.28. The standard InChI is InChI=1S/C14H19BrN2O3S/c1-10-5-7-20-8-6-17(10)13(18)9-16(2)14(19)11-3-4-12(15)21-11/h3-4,10H,5-9H2,1-2H3. The highest BCUT2D eigenvalue weighted by Crippen LogP contribution is 2.23. The second-order valence-corrected chi connectivity index (χ2v) is 7.57. The lowest BCUT2D eigenvalue weighted by molar-refractivity contribution is -0.133. The van der Waals surface area contributed by atoms with Crippen LogP contribution in [0.5, 0.6) is 0 Å². The highest BCUT2D eigenvalue weighted by atomic mass is 79.9. The molecule has 1 fully saturated rings. The molecular weight excluding hydrogens is 356 g/mol. The van der Waals surface area contributed by atoms with Crippen molar-refractivity contribution in [3.8, 4) is 0 Å². The number of amides is 2. The van der Waals surface area contributed by atoms with Gasteiger partial charge in [-0.15, -0.1) is 11.3 Å². The second-order valence-electron chi connectivity index (χ2n) is 5.10. The summed E-state index contributed by atoms with van der Waals surface area (Å²) in [5.74, 6) is -0.155. The molecule has 7 heteroatoms. The fourth-order valence-electron chi connectivity index (χ4n) is 2.25. The Hall–Kier alpha value is -0.920. The fraction of sp³-hybridized carbons (Fsp3) is 0.571. The van der Waals surface area contributed by atoms with Gasteiger partial charge in [-0.2, -0.15) is 0 Å². The number of hydrogen-bond acceptors (Lipinski definition) is 4. The number of nitrogens with zero attached hydrogens (tertiary/aromatic N) is 2. The van der Waals surface area contributed by atoms with E-state index in [0.717, 1.165) is 10.2 Å². The van der Waals surface area contributed by atoms with Crippen LogP contribution in [-0.4, -0.2) is 61.0 Å². The molecule has 1 aliphatic rings. The topological polar surface area (TPSA) is 49.9 Å². The summed E-state index contributed by atoms with van der Waals surface area (Å²) in [4.78, 5) is 28.5. The van der Waals surface area contributed by atoms with E-state index in [0.29, 0.717) is 24.6 Å². The van der Waals surface area contributed by atoms with Crippen LogP contribution in [0.2, 0.25) is 0 Å². The first-order valence-electron chi connectivity index (χ1n) is 6.87. The van der Waals surface area contributed by atoms with Crippen LogP contribution in [-0.2, 0) is 9.53 Å². The van der Waals surface area contributed by atoms with Crippen LogP contribution < -0.4 is 0 Å². The van der Waals surface area contributed by atoms with Crippen LogP contribution in [0.3, 0.4) is 0 Å². The molecule has 1 unspecified atom stereocenters. The number of likely N-dealkylation sites (N-methyl/N-ethyl adjacent to an activating group) is 1. The lowest BCUT2D eigenvalue weighted by atomic mass is 10.2. The first kappa shape index (κ1) is 16.5. The van der Waals surface area contributed by atoms with E-state index in [2.05, 4.69) is 15.9 Å². The zero-order chi connectivity index (χ0) is 15.4. The van der Waals surface area contributed by atoms with E-state index in [1.54, 1.807) is 18.0 Å². The summed E-state index contributed by atoms with van der Waals surface area (Å²) in [6, 6.07) is 3.75. The normalized spacial score (nSPS) is 19.2. The Balaban J connectivity index is 1.96. The van der Waals surface area contributed by atoms with E-state index in [9.17, 15) is 9.59 Å². The van der Waals surface area contributed by atoms with E-state index in [1.807, 2.05) is 13.0 Å². The molecule has 0 saturated carbocycles. The van der Waals surface area contributed by atoms with Crippen molar-refractivity contribution in [1.82, 2.24) is 9.80 Å². The molecule has 0 bridgehead atoms. The molecule has 21 heavy (non-hydrogen) atoms. The molecule has 2 rings (SSSR count). The maximum Gasteiger partial charge on any atom is 0.264 e. The Kier molecular flexibility index (Phi) is 5.78. The van der Waals surface area contributed by atoms with Crippen molar-refractivity contribution in [2.45, 2.75) is 19.4 Å². The van der Waals surface area contributed by atoms with Gasteiger partial charge in [0.15, 0.2) is 0 Å². The van der Waals surface area contributed by atoms with Gasteiger partial charge >= 0.3 is 0 Å². The van der Waals surface area contributed by atoms with Crippen LogP contribution in [0.15, 0.2) is 15.9 Å². The van der Waals surface area contributed by atoms with Crippen molar-refractivity contribution in [3.05, 3.63) is 20.8 Å². The largest absolute Gasteiger partial charge is 0.380 e. The lowest BCUT2D eigenvalue weighted by Gasteiger charge is -2.28. The number of carbonyl (C=O) groups excluding carboxylic acids is 2. The molecule has 0 spiro atoms. The van der Waals surface area contributed by atoms with E-state index in [1.165, 1.54) is 16.2 Å². The van der Waals surface area contributed by atoms with Crippen molar-refractivity contribution in [2.75, 3.05) is 33.4 Å². The van der Waals surface area contributed by atoms with E-state index in [-0.39, 0.29) is 24.4 Å². The van der Waals surface area contributed by atoms with Crippen LogP contribution in [0, 0.1) is 0 Å². The number of ether oxygens (including phenoxy) is 1. The monoisotopic (exact) mass is 374 g/mol. The molecule has 2 heterocycles. The molecule has 116 valence electrons. The molecule has 1 atom stereocenters. The molecule has 1 aliphatic heterocycles. The van der Waals surface area contributed by atoms with Gasteiger partial charge in [0.25, 0.3) is 5.91 Å². The molecule has 1 aromatic heterocycles. The van der Waals surface area contributed by atoms with Crippen molar-refractivity contribution in [3.63, 3.8) is 0 Å². The first-order chi connectivity index (χ1) is 9.99. The first-order valence-corrected chi connectivity index (χ1v) is 8.48. The van der Waals surface area contributed by atoms with Gasteiger partial charge < -0.3 is 14.5 Å². The van der Waals surface area contributed by atoms with Crippen LogP contribution >= 0.6 is 27.3 Å². The number of thiophene rings is 1. The number of hydrogen-bond donors (Lipinski definition) is 0. The molecule has 5 nitrogen and oxygen atoms in total. The summed E-state index contributed by atoms with van der Waals surface area (Å²) in [5.41, 5.74) is 0. The summed E-state index contributed by atoms with van der Waals surface area (Å²) >= 11 is 4.71. The fourth-order valence-corrected chi connectivity index (χ4v) is 3.63. The van der Waals surface area contributed by atoms with E-state index in [4.69, 9.17) is 4.74 Å². The van der Waals surface area contributed by atoms with Gasteiger partial charge in [0, 0.05) is 26.2 Å². The molecule has 2 amide bonds. The Morgan fingerprint density at radius 2 is 2.24 bits per heavy atom. The predicted octanol–water partition coefficient (Wildman–Crippen LogP) is 2.22. The van der Waals surface area contributed by atoms with Crippen molar-refractivity contribution in [1.29, 1.82) is 0 Å². The maximum atomic E-state index is 12.4. The maximum absolute atomic E-state index is 12.4. The average Bonchev–Trinajstić information content (AvgIpc) is 2.75. The molecule has 1 aromatic rings. The number of halogens is 1. The Morgan fingerprint density at radius 1 is 1.48 bits per heavy atom. The summed E-state index contributed by atoms with van der Waals surface area (Å²) in [5, 5.41) is 0. The summed E-state index contributed by atoms with van der Waals surface area (Å²) in [6.45, 7) is 3.95. The SMILES string of the molecule is CC1CCOCCN1C(=O)CN(C)C(=O)c1ccc(Br)s1. The Labute approximate surface area is 137 Å². The van der Waals surface area contributed by atoms with Gasteiger partial charge in [0.1, 0.15) is 0 Å². The zero-order valence-corrected chi connectivity index (χ0v) is 14.6. The number of carbonyl (C=O) groups is 2. The van der Waals surface area contributed by atoms with Crippen LogP contribution in [0.25, 0.3) is 0 Å². The minimum atomic E-state index is -0.127. The van der Waals surface area contributed by atoms with Gasteiger partial charge in [0.05, 0.1) is 21.8 Å². The Bertz CT molecular complexity index is 520. The zero-order valence-electron chi connectivity index (χ0n) is 12.2. The van der Waals surface area contributed by atoms with Gasteiger partial charge in [0.2, 0.25) is 5.91 Å². The molecular formula is C14H19BrN2O3S. The lowest BCUT2D eigenvalue weighted by Crippen LogP contribution is -2.45. The molecule has 0 radical (unpaired) electrons. The second kappa shape index (κ2) is 7.38. The molecule has 0 aromatic carbocycles. The summed E-state index contributed by atoms with van der Waals surface area (Å²) in [6.07, 6.45) is 0.835. The van der Waals surface area contributed by atoms with Gasteiger partial charge in [-0.1, -0.05) is 0 Å². The highest BCUT2D eigenvalue weighted by Gasteiger charge is 2.25. The minimum Gasteiger partial charge on any atom is -0.380 e. The van der Waals surface area contributed by atoms with Crippen LogP contribution in [0.1, 0.15) is 23.0 Å². The van der Waals surface area contributed by atoms with Crippen LogP contribution in [0.4, 0.5) is 0 Å². The van der Waals surface area contributed by atoms with Crippen molar-refractivity contribution in [2.24, 2.45) is 0 Å². The minimum absolute atomic E-state index is 0.0283. The summed E-state index contributed by atoms with van der Waals surface area (Å²) in [7, 11) is 1.66. The average molecular weight is 375 g/mol. The van der Waals surface area contributed by atoms with Crippen molar-refractivity contribution < 1.29 is 14.3 Å². The number of rotatable bonds is 3. The van der Waals surface area contributed by atoms with E-state index < -0.39 is 0 Å². The molecule has 0 aliphatic carbocycles. The van der Waals surface area contributed by atoms with Gasteiger partial charge in [-0.25, -0.2) is 0 Å². The third-order valence-corrected chi connectivity index (χ3v) is 5.12. The Morgan fingerprint density at radius 3 is 2.90 bits per heavy atom. The van der Waals surface area contributed by atoms with E-state index >= 15 is 0 Å². The highest BCUT2D eigenvalue weighted by molar-refractivity contribution is 9.11. The van der Waals surface area contributed by atoms with Gasteiger partial charge in [-0.3, -0.25) is 9.59 Å². The summed E-state index contributed by atoms with van der Waals surface area (Å²) < 4.78 is 6.30. The smallest absolute Gasteiger partial charge is 0.264 e. The molecule has 1 saturated heterocycles. The van der Waals surface area contributed by atoms with Gasteiger partial charge in [-0.05, 0) is 41.4 Å². The predicted molar refractivity (Wildman–Crippen MR) is 85.6 cm³/mol.